The van der Waals surface area contributed by atoms with Crippen LogP contribution in [-0.2, 0) is 0 Å². The molecule has 244 valence electrons. The summed E-state index contributed by atoms with van der Waals surface area (Å²) in [4.78, 5) is 2.39. The Kier molecular flexibility index (Phi) is 6.63. The second-order valence-corrected chi connectivity index (χ2v) is 15.4. The van der Waals surface area contributed by atoms with Gasteiger partial charge < -0.3 is 9.32 Å². The Morgan fingerprint density at radius 3 is 1.88 bits per heavy atom. The predicted octanol–water partition coefficient (Wildman–Crippen LogP) is 15.1. The minimum atomic E-state index is 0.880. The average molecular weight is 700 g/mol. The van der Waals surface area contributed by atoms with Crippen molar-refractivity contribution in [2.75, 3.05) is 4.90 Å². The van der Waals surface area contributed by atoms with Gasteiger partial charge in [0.05, 0.1) is 11.1 Å². The minimum Gasteiger partial charge on any atom is -0.455 e. The number of nitrogens with zero attached hydrogens (tertiary/aromatic N) is 1. The maximum absolute atomic E-state index is 6.83. The standard InChI is InChI=1S/C48H29NOS2/c1-2-13-33(14-3-1)49(34-22-26-45-40(29-34)37-16-6-9-20-44(37)51-45)41-25-24-35(48-47(41)39-17-4-7-18-42(39)50-48)32-12-10-11-30(27-32)31-21-23-38-36-15-5-8-19-43(36)52-46(38)28-31/h1-29H. The van der Waals surface area contributed by atoms with Crippen LogP contribution < -0.4 is 4.90 Å². The average Bonchev–Trinajstić information content (AvgIpc) is 3.90. The lowest BCUT2D eigenvalue weighted by Gasteiger charge is -2.27. The van der Waals surface area contributed by atoms with Gasteiger partial charge in [-0.15, -0.1) is 22.7 Å². The predicted molar refractivity (Wildman–Crippen MR) is 225 cm³/mol. The van der Waals surface area contributed by atoms with Gasteiger partial charge in [0.15, 0.2) is 0 Å². The maximum atomic E-state index is 6.83. The van der Waals surface area contributed by atoms with E-state index in [1.807, 2.05) is 22.7 Å². The summed E-state index contributed by atoms with van der Waals surface area (Å²) in [6.07, 6.45) is 0. The quantitative estimate of drug-likeness (QED) is 0.178. The number of rotatable bonds is 5. The lowest BCUT2D eigenvalue weighted by Crippen LogP contribution is -2.10. The van der Waals surface area contributed by atoms with Crippen molar-refractivity contribution in [3.8, 4) is 22.3 Å². The van der Waals surface area contributed by atoms with Crippen molar-refractivity contribution in [3.63, 3.8) is 0 Å². The molecule has 0 aliphatic carbocycles. The first-order valence-corrected chi connectivity index (χ1v) is 19.1. The van der Waals surface area contributed by atoms with Crippen molar-refractivity contribution < 1.29 is 4.42 Å². The molecule has 3 heterocycles. The highest BCUT2D eigenvalue weighted by atomic mass is 32.1. The van der Waals surface area contributed by atoms with E-state index in [9.17, 15) is 0 Å². The minimum absolute atomic E-state index is 0.880. The third-order valence-electron chi connectivity index (χ3n) is 10.3. The zero-order chi connectivity index (χ0) is 34.2. The fourth-order valence-corrected chi connectivity index (χ4v) is 10.1. The Morgan fingerprint density at radius 1 is 0.385 bits per heavy atom. The first-order chi connectivity index (χ1) is 25.8. The Hall–Kier alpha value is -6.20. The lowest BCUT2D eigenvalue weighted by molar-refractivity contribution is 0.670. The molecule has 11 rings (SSSR count). The van der Waals surface area contributed by atoms with Crippen molar-refractivity contribution >= 4 is 102 Å². The molecule has 11 aromatic rings. The van der Waals surface area contributed by atoms with Gasteiger partial charge in [-0.25, -0.2) is 0 Å². The Balaban J connectivity index is 1.11. The van der Waals surface area contributed by atoms with Crippen molar-refractivity contribution in [2.24, 2.45) is 0 Å². The van der Waals surface area contributed by atoms with Crippen LogP contribution in [0.15, 0.2) is 180 Å². The Morgan fingerprint density at radius 2 is 1.04 bits per heavy atom. The van der Waals surface area contributed by atoms with E-state index in [0.29, 0.717) is 0 Å². The molecule has 0 bridgehead atoms. The summed E-state index contributed by atoms with van der Waals surface area (Å²) in [5.74, 6) is 0. The first kappa shape index (κ1) is 29.5. The summed E-state index contributed by atoms with van der Waals surface area (Å²) >= 11 is 3.70. The molecule has 0 N–H and O–H groups in total. The summed E-state index contributed by atoms with van der Waals surface area (Å²) in [5.41, 5.74) is 9.66. The Labute approximate surface area is 308 Å². The van der Waals surface area contributed by atoms with Gasteiger partial charge in [-0.1, -0.05) is 103 Å². The molecule has 2 nitrogen and oxygen atoms in total. The van der Waals surface area contributed by atoms with Gasteiger partial charge in [-0.3, -0.25) is 0 Å². The molecule has 0 spiro atoms. The number of fused-ring (bicyclic) bond motifs is 9. The number of benzene rings is 8. The smallest absolute Gasteiger partial charge is 0.145 e. The second-order valence-electron chi connectivity index (χ2n) is 13.3. The van der Waals surface area contributed by atoms with E-state index in [1.54, 1.807) is 0 Å². The molecule has 0 radical (unpaired) electrons. The van der Waals surface area contributed by atoms with Crippen molar-refractivity contribution in [2.45, 2.75) is 0 Å². The summed E-state index contributed by atoms with van der Waals surface area (Å²) in [6, 6.07) is 63.6. The van der Waals surface area contributed by atoms with Crippen LogP contribution >= 0.6 is 22.7 Å². The van der Waals surface area contributed by atoms with E-state index < -0.39 is 0 Å². The number of anilines is 3. The molecule has 3 aromatic heterocycles. The van der Waals surface area contributed by atoms with E-state index in [2.05, 4.69) is 181 Å². The van der Waals surface area contributed by atoms with Crippen LogP contribution in [0.25, 0.3) is 84.5 Å². The Bertz CT molecular complexity index is 3150. The van der Waals surface area contributed by atoms with Crippen LogP contribution in [0, 0.1) is 0 Å². The number of hydrogen-bond acceptors (Lipinski definition) is 4. The van der Waals surface area contributed by atoms with Gasteiger partial charge in [-0.2, -0.15) is 0 Å². The molecule has 0 amide bonds. The van der Waals surface area contributed by atoms with Crippen molar-refractivity contribution in [1.82, 2.24) is 0 Å². The molecule has 8 aromatic carbocycles. The summed E-state index contributed by atoms with van der Waals surface area (Å²) in [6.45, 7) is 0. The summed E-state index contributed by atoms with van der Waals surface area (Å²) in [5, 5.41) is 7.40. The van der Waals surface area contributed by atoms with Crippen molar-refractivity contribution in [3.05, 3.63) is 176 Å². The van der Waals surface area contributed by atoms with Crippen LogP contribution in [0.3, 0.4) is 0 Å². The second kappa shape index (κ2) is 11.7. The van der Waals surface area contributed by atoms with Gasteiger partial charge in [0.1, 0.15) is 11.2 Å². The molecule has 0 aliphatic heterocycles. The number of furan rings is 1. The maximum Gasteiger partial charge on any atom is 0.145 e. The van der Waals surface area contributed by atoms with Crippen LogP contribution in [0.4, 0.5) is 17.1 Å². The van der Waals surface area contributed by atoms with E-state index in [-0.39, 0.29) is 0 Å². The number of thiophene rings is 2. The zero-order valence-electron chi connectivity index (χ0n) is 27.9. The largest absolute Gasteiger partial charge is 0.455 e. The van der Waals surface area contributed by atoms with E-state index in [1.165, 1.54) is 51.5 Å². The molecular weight excluding hydrogens is 671 g/mol. The first-order valence-electron chi connectivity index (χ1n) is 17.5. The highest BCUT2D eigenvalue weighted by Gasteiger charge is 2.23. The van der Waals surface area contributed by atoms with Crippen LogP contribution in [0.5, 0.6) is 0 Å². The van der Waals surface area contributed by atoms with Crippen LogP contribution in [-0.4, -0.2) is 0 Å². The lowest BCUT2D eigenvalue weighted by atomic mass is 9.96. The fourth-order valence-electron chi connectivity index (χ4n) is 7.85. The molecule has 0 saturated heterocycles. The van der Waals surface area contributed by atoms with Gasteiger partial charge in [0.25, 0.3) is 0 Å². The van der Waals surface area contributed by atoms with Gasteiger partial charge in [0.2, 0.25) is 0 Å². The van der Waals surface area contributed by atoms with Gasteiger partial charge in [-0.05, 0) is 89.5 Å². The summed E-state index contributed by atoms with van der Waals surface area (Å²) in [7, 11) is 0. The SMILES string of the molecule is c1ccc(N(c2ccc3sc4ccccc4c3c2)c2ccc(-c3cccc(-c4ccc5c(c4)sc4ccccc45)c3)c3oc4ccccc4c23)cc1. The molecule has 0 fully saturated rings. The third-order valence-corrected chi connectivity index (χ3v) is 12.5. The van der Waals surface area contributed by atoms with Crippen LogP contribution in [0.2, 0.25) is 0 Å². The molecule has 0 aliphatic rings. The molecule has 52 heavy (non-hydrogen) atoms. The summed E-state index contributed by atoms with van der Waals surface area (Å²) < 4.78 is 12.1. The van der Waals surface area contributed by atoms with E-state index in [0.717, 1.165) is 50.1 Å². The monoisotopic (exact) mass is 699 g/mol. The molecular formula is C48H29NOS2. The number of hydrogen-bond donors (Lipinski definition) is 0. The molecule has 0 atom stereocenters. The van der Waals surface area contributed by atoms with Crippen molar-refractivity contribution in [1.29, 1.82) is 0 Å². The zero-order valence-corrected chi connectivity index (χ0v) is 29.5. The third kappa shape index (κ3) is 4.62. The van der Waals surface area contributed by atoms with Gasteiger partial charge in [0, 0.05) is 62.7 Å². The molecule has 4 heteroatoms. The topological polar surface area (TPSA) is 16.4 Å². The highest BCUT2D eigenvalue weighted by Crippen LogP contribution is 2.47. The van der Waals surface area contributed by atoms with Gasteiger partial charge >= 0.3 is 0 Å². The van der Waals surface area contributed by atoms with E-state index >= 15 is 0 Å². The normalized spacial score (nSPS) is 11.8. The highest BCUT2D eigenvalue weighted by molar-refractivity contribution is 7.26. The molecule has 0 saturated carbocycles. The fraction of sp³-hybridized carbons (Fsp3) is 0. The van der Waals surface area contributed by atoms with Crippen LogP contribution in [0.1, 0.15) is 0 Å². The van der Waals surface area contributed by atoms with E-state index in [4.69, 9.17) is 4.42 Å². The molecule has 0 unspecified atom stereocenters. The number of para-hydroxylation sites is 2.